The van der Waals surface area contributed by atoms with Crippen molar-refractivity contribution in [2.24, 2.45) is 0 Å². The fourth-order valence-corrected chi connectivity index (χ4v) is 1.75. The third kappa shape index (κ3) is 4.80. The summed E-state index contributed by atoms with van der Waals surface area (Å²) in [6.07, 6.45) is 3.39. The fraction of sp³-hybridized carbons (Fsp3) is 0.429. The molecule has 0 aliphatic rings. The molecule has 0 amide bonds. The lowest BCUT2D eigenvalue weighted by atomic mass is 10.0. The molecule has 1 aromatic rings. The Hall–Kier alpha value is -1.08. The maximum atomic E-state index is 3.96. The van der Waals surface area contributed by atoms with Crippen molar-refractivity contribution in [1.82, 2.24) is 5.32 Å². The molecule has 1 atom stereocenters. The third-order valence-corrected chi connectivity index (χ3v) is 2.63. The Morgan fingerprint density at radius 2 is 2.00 bits per heavy atom. The molecule has 1 unspecified atom stereocenters. The van der Waals surface area contributed by atoms with Gasteiger partial charge in [0.1, 0.15) is 0 Å². The second kappa shape index (κ2) is 6.41. The maximum Gasteiger partial charge on any atom is 0.0104 e. The van der Waals surface area contributed by atoms with Gasteiger partial charge in [0.05, 0.1) is 0 Å². The molecule has 1 nitrogen and oxygen atoms in total. The molecule has 0 aromatic heterocycles. The van der Waals surface area contributed by atoms with E-state index in [0.717, 1.165) is 12.8 Å². The highest BCUT2D eigenvalue weighted by Crippen LogP contribution is 2.10. The monoisotopic (exact) mass is 203 g/mol. The van der Waals surface area contributed by atoms with Crippen molar-refractivity contribution < 1.29 is 0 Å². The summed E-state index contributed by atoms with van der Waals surface area (Å²) in [4.78, 5) is 0. The number of hydrogen-bond donors (Lipinski definition) is 1. The average molecular weight is 203 g/mol. The summed E-state index contributed by atoms with van der Waals surface area (Å²) in [5.74, 6) is 0. The van der Waals surface area contributed by atoms with Crippen LogP contribution in [0.4, 0.5) is 0 Å². The first-order valence-corrected chi connectivity index (χ1v) is 5.58. The highest BCUT2D eigenvalue weighted by atomic mass is 14.9. The lowest BCUT2D eigenvalue weighted by Crippen LogP contribution is -2.25. The zero-order valence-electron chi connectivity index (χ0n) is 9.79. The molecular formula is C14H21N. The van der Waals surface area contributed by atoms with E-state index in [0.29, 0.717) is 6.04 Å². The molecule has 1 aromatic carbocycles. The van der Waals surface area contributed by atoms with Crippen LogP contribution in [0.25, 0.3) is 0 Å². The summed E-state index contributed by atoms with van der Waals surface area (Å²) < 4.78 is 0. The van der Waals surface area contributed by atoms with E-state index in [9.17, 15) is 0 Å². The second-order valence-electron chi connectivity index (χ2n) is 4.17. The largest absolute Gasteiger partial charge is 0.317 e. The zero-order valence-corrected chi connectivity index (χ0v) is 9.79. The lowest BCUT2D eigenvalue weighted by molar-refractivity contribution is 0.519. The predicted octanol–water partition coefficient (Wildman–Crippen LogP) is 3.17. The lowest BCUT2D eigenvalue weighted by Gasteiger charge is -2.15. The second-order valence-corrected chi connectivity index (χ2v) is 4.17. The Morgan fingerprint density at radius 1 is 1.33 bits per heavy atom. The van der Waals surface area contributed by atoms with Crippen LogP contribution in [0.5, 0.6) is 0 Å². The van der Waals surface area contributed by atoms with E-state index in [2.05, 4.69) is 49.2 Å². The minimum Gasteiger partial charge on any atom is -0.317 e. The van der Waals surface area contributed by atoms with E-state index in [1.165, 1.54) is 17.6 Å². The van der Waals surface area contributed by atoms with Crippen LogP contribution in [0.1, 0.15) is 25.3 Å². The quantitative estimate of drug-likeness (QED) is 0.700. The summed E-state index contributed by atoms with van der Waals surface area (Å²) in [5.41, 5.74) is 2.67. The first-order valence-electron chi connectivity index (χ1n) is 5.58. The van der Waals surface area contributed by atoms with Crippen LogP contribution in [0.3, 0.4) is 0 Å². The molecule has 1 rings (SSSR count). The number of benzene rings is 1. The van der Waals surface area contributed by atoms with E-state index in [1.807, 2.05) is 7.05 Å². The number of rotatable bonds is 6. The average Bonchev–Trinajstić information content (AvgIpc) is 2.25. The molecule has 0 saturated carbocycles. The summed E-state index contributed by atoms with van der Waals surface area (Å²) in [5, 5.41) is 3.34. The van der Waals surface area contributed by atoms with Crippen LogP contribution in [-0.2, 0) is 6.42 Å². The van der Waals surface area contributed by atoms with Crippen molar-refractivity contribution in [3.05, 3.63) is 48.0 Å². The molecular weight excluding hydrogens is 182 g/mol. The minimum atomic E-state index is 0.558. The molecule has 0 heterocycles. The van der Waals surface area contributed by atoms with Gasteiger partial charge in [0.2, 0.25) is 0 Å². The Labute approximate surface area is 93.2 Å². The van der Waals surface area contributed by atoms with Crippen LogP contribution < -0.4 is 5.32 Å². The van der Waals surface area contributed by atoms with E-state index in [1.54, 1.807) is 0 Å². The van der Waals surface area contributed by atoms with Gasteiger partial charge in [-0.1, -0.05) is 35.9 Å². The van der Waals surface area contributed by atoms with E-state index in [4.69, 9.17) is 0 Å². The highest BCUT2D eigenvalue weighted by molar-refractivity contribution is 5.14. The van der Waals surface area contributed by atoms with Crippen molar-refractivity contribution in [1.29, 1.82) is 0 Å². The van der Waals surface area contributed by atoms with Gasteiger partial charge >= 0.3 is 0 Å². The molecule has 0 spiro atoms. The van der Waals surface area contributed by atoms with Gasteiger partial charge in [-0.05, 0) is 38.8 Å². The smallest absolute Gasteiger partial charge is 0.0104 e. The van der Waals surface area contributed by atoms with Crippen LogP contribution in [-0.4, -0.2) is 13.1 Å². The molecule has 0 aliphatic heterocycles. The topological polar surface area (TPSA) is 12.0 Å². The number of nitrogens with one attached hydrogen (secondary N) is 1. The molecule has 1 heteroatoms. The van der Waals surface area contributed by atoms with Gasteiger partial charge in [0, 0.05) is 6.04 Å². The standard InChI is InChI=1S/C14H21N/c1-12(2)11-14(15-3)10-9-13-7-5-4-6-8-13/h4-8,14-15H,1,9-11H2,2-3H3. The van der Waals surface area contributed by atoms with Crippen LogP contribution in [0.2, 0.25) is 0 Å². The van der Waals surface area contributed by atoms with Crippen LogP contribution >= 0.6 is 0 Å². The normalized spacial score (nSPS) is 12.4. The zero-order chi connectivity index (χ0) is 11.1. The Balaban J connectivity index is 2.37. The predicted molar refractivity (Wildman–Crippen MR) is 67.0 cm³/mol. The van der Waals surface area contributed by atoms with Gasteiger partial charge in [0.25, 0.3) is 0 Å². The summed E-state index contributed by atoms with van der Waals surface area (Å²) in [6.45, 7) is 6.05. The van der Waals surface area contributed by atoms with Gasteiger partial charge in [-0.2, -0.15) is 0 Å². The van der Waals surface area contributed by atoms with Crippen LogP contribution in [0, 0.1) is 0 Å². The van der Waals surface area contributed by atoms with E-state index in [-0.39, 0.29) is 0 Å². The Morgan fingerprint density at radius 3 is 2.53 bits per heavy atom. The van der Waals surface area contributed by atoms with Crippen molar-refractivity contribution in [3.8, 4) is 0 Å². The first-order chi connectivity index (χ1) is 7.22. The van der Waals surface area contributed by atoms with E-state index >= 15 is 0 Å². The summed E-state index contributed by atoms with van der Waals surface area (Å²) in [7, 11) is 2.03. The van der Waals surface area contributed by atoms with Crippen molar-refractivity contribution >= 4 is 0 Å². The third-order valence-electron chi connectivity index (χ3n) is 2.63. The molecule has 0 saturated heterocycles. The minimum absolute atomic E-state index is 0.558. The molecule has 0 bridgehead atoms. The van der Waals surface area contributed by atoms with Crippen molar-refractivity contribution in [2.45, 2.75) is 32.2 Å². The van der Waals surface area contributed by atoms with Gasteiger partial charge in [-0.25, -0.2) is 0 Å². The van der Waals surface area contributed by atoms with Gasteiger partial charge in [-0.3, -0.25) is 0 Å². The summed E-state index contributed by atoms with van der Waals surface area (Å²) in [6, 6.07) is 11.2. The number of aryl methyl sites for hydroxylation is 1. The van der Waals surface area contributed by atoms with Crippen molar-refractivity contribution in [2.75, 3.05) is 7.05 Å². The Bertz CT molecular complexity index is 289. The van der Waals surface area contributed by atoms with Gasteiger partial charge in [0.15, 0.2) is 0 Å². The van der Waals surface area contributed by atoms with Gasteiger partial charge in [-0.15, -0.1) is 6.58 Å². The first kappa shape index (κ1) is 12.0. The van der Waals surface area contributed by atoms with Crippen molar-refractivity contribution in [3.63, 3.8) is 0 Å². The van der Waals surface area contributed by atoms with Crippen LogP contribution in [0.15, 0.2) is 42.5 Å². The van der Waals surface area contributed by atoms with E-state index < -0.39 is 0 Å². The summed E-state index contributed by atoms with van der Waals surface area (Å²) >= 11 is 0. The molecule has 82 valence electrons. The maximum absolute atomic E-state index is 3.96. The molecule has 15 heavy (non-hydrogen) atoms. The van der Waals surface area contributed by atoms with Gasteiger partial charge < -0.3 is 5.32 Å². The fourth-order valence-electron chi connectivity index (χ4n) is 1.75. The SMILES string of the molecule is C=C(C)CC(CCc1ccccc1)NC. The number of hydrogen-bond acceptors (Lipinski definition) is 1. The molecule has 1 N–H and O–H groups in total. The molecule has 0 fully saturated rings. The molecule has 0 aliphatic carbocycles. The Kier molecular flexibility index (Phi) is 5.13. The molecule has 0 radical (unpaired) electrons. The highest BCUT2D eigenvalue weighted by Gasteiger charge is 2.05.